The molecule has 4 heterocycles. The molecule has 2 aromatic carbocycles. The van der Waals surface area contributed by atoms with Crippen LogP contribution in [0.15, 0.2) is 85.3 Å². The van der Waals surface area contributed by atoms with E-state index >= 15 is 0 Å². The number of fused-ring (bicyclic) bond motifs is 1. The number of likely N-dealkylation sites (tertiary alicyclic amines) is 1. The van der Waals surface area contributed by atoms with Crippen LogP contribution in [0.4, 0.5) is 0 Å². The first-order valence-electron chi connectivity index (χ1n) is 13.3. The molecule has 6 heteroatoms. The average Bonchev–Trinajstić information content (AvgIpc) is 3.42. The first kappa shape index (κ1) is 24.6. The summed E-state index contributed by atoms with van der Waals surface area (Å²) in [5, 5.41) is 5.22. The van der Waals surface area contributed by atoms with Crippen molar-refractivity contribution in [2.45, 2.75) is 19.8 Å². The van der Waals surface area contributed by atoms with Gasteiger partial charge in [-0.3, -0.25) is 14.5 Å². The predicted octanol–water partition coefficient (Wildman–Crippen LogP) is 5.91. The van der Waals surface area contributed by atoms with Gasteiger partial charge in [0.2, 0.25) is 0 Å². The second-order valence-corrected chi connectivity index (χ2v) is 10.1. The summed E-state index contributed by atoms with van der Waals surface area (Å²) in [6, 6.07) is 22.3. The SMILES string of the molecule is Cc1ccc(-c2ccc(C(=O)N3CCC(C#Cc4nc(-c5cnn(C)c5)cc5ncccc45)CC3)cc2)cc1. The Bertz CT molecular complexity index is 1700. The number of benzene rings is 2. The summed E-state index contributed by atoms with van der Waals surface area (Å²) in [5.74, 6) is 7.09. The highest BCUT2D eigenvalue weighted by molar-refractivity contribution is 5.94. The quantitative estimate of drug-likeness (QED) is 0.283. The molecule has 192 valence electrons. The molecule has 1 fully saturated rings. The molecule has 0 atom stereocenters. The molecule has 5 aromatic rings. The normalized spacial score (nSPS) is 13.7. The van der Waals surface area contributed by atoms with Crippen molar-refractivity contribution in [1.82, 2.24) is 24.6 Å². The van der Waals surface area contributed by atoms with E-state index in [1.54, 1.807) is 17.1 Å². The second-order valence-electron chi connectivity index (χ2n) is 10.1. The topological polar surface area (TPSA) is 63.9 Å². The number of pyridine rings is 2. The molecular formula is C33H29N5O. The summed E-state index contributed by atoms with van der Waals surface area (Å²) in [5.41, 5.74) is 7.58. The van der Waals surface area contributed by atoms with E-state index in [-0.39, 0.29) is 11.8 Å². The van der Waals surface area contributed by atoms with Crippen molar-refractivity contribution in [2.75, 3.05) is 13.1 Å². The van der Waals surface area contributed by atoms with E-state index in [1.807, 2.05) is 60.6 Å². The van der Waals surface area contributed by atoms with Crippen molar-refractivity contribution in [2.24, 2.45) is 13.0 Å². The molecule has 39 heavy (non-hydrogen) atoms. The number of hydrogen-bond acceptors (Lipinski definition) is 4. The Morgan fingerprint density at radius 3 is 2.36 bits per heavy atom. The van der Waals surface area contributed by atoms with Crippen LogP contribution in [-0.2, 0) is 7.05 Å². The highest BCUT2D eigenvalue weighted by atomic mass is 16.2. The number of amides is 1. The van der Waals surface area contributed by atoms with Crippen molar-refractivity contribution in [1.29, 1.82) is 0 Å². The maximum absolute atomic E-state index is 13.2. The van der Waals surface area contributed by atoms with Crippen LogP contribution >= 0.6 is 0 Å². The highest BCUT2D eigenvalue weighted by Gasteiger charge is 2.23. The van der Waals surface area contributed by atoms with Gasteiger partial charge < -0.3 is 4.90 Å². The Balaban J connectivity index is 1.14. The molecule has 1 amide bonds. The number of aromatic nitrogens is 4. The van der Waals surface area contributed by atoms with E-state index in [9.17, 15) is 4.79 Å². The summed E-state index contributed by atoms with van der Waals surface area (Å²) in [6.45, 7) is 3.48. The highest BCUT2D eigenvalue weighted by Crippen LogP contribution is 2.25. The lowest BCUT2D eigenvalue weighted by molar-refractivity contribution is 0.0708. The lowest BCUT2D eigenvalue weighted by Gasteiger charge is -2.30. The van der Waals surface area contributed by atoms with Gasteiger partial charge in [-0.15, -0.1) is 0 Å². The molecule has 0 saturated carbocycles. The van der Waals surface area contributed by atoms with Crippen LogP contribution in [0.25, 0.3) is 33.3 Å². The average molecular weight is 512 g/mol. The van der Waals surface area contributed by atoms with Gasteiger partial charge in [-0.25, -0.2) is 4.98 Å². The van der Waals surface area contributed by atoms with Gasteiger partial charge >= 0.3 is 0 Å². The van der Waals surface area contributed by atoms with Gasteiger partial charge in [0.15, 0.2) is 0 Å². The molecule has 1 aliphatic rings. The Hall–Kier alpha value is -4.76. The Morgan fingerprint density at radius 2 is 1.67 bits per heavy atom. The molecule has 1 aliphatic heterocycles. The molecule has 0 aliphatic carbocycles. The third-order valence-electron chi connectivity index (χ3n) is 7.29. The van der Waals surface area contributed by atoms with Crippen LogP contribution in [-0.4, -0.2) is 43.6 Å². The van der Waals surface area contributed by atoms with Crippen LogP contribution in [0.2, 0.25) is 0 Å². The van der Waals surface area contributed by atoms with Gasteiger partial charge in [-0.05, 0) is 67.1 Å². The number of carbonyl (C=O) groups excluding carboxylic acids is 1. The molecular weight excluding hydrogens is 482 g/mol. The minimum Gasteiger partial charge on any atom is -0.339 e. The van der Waals surface area contributed by atoms with E-state index in [0.29, 0.717) is 13.1 Å². The monoisotopic (exact) mass is 511 g/mol. The standard InChI is InChI=1S/C33H29N5O/c1-23-5-8-25(9-6-23)26-10-12-27(13-11-26)33(39)38-18-15-24(16-19-38)7-14-30-29-4-3-17-34-32(29)20-31(36-30)28-21-35-37(2)22-28/h3-6,8-13,17,20-22,24H,15-16,18-19H2,1-2H3. The third-order valence-corrected chi connectivity index (χ3v) is 7.29. The van der Waals surface area contributed by atoms with Gasteiger partial charge in [-0.2, -0.15) is 5.10 Å². The molecule has 0 radical (unpaired) electrons. The Kier molecular flexibility index (Phi) is 6.64. The second kappa shape index (κ2) is 10.5. The van der Waals surface area contributed by atoms with Gasteiger partial charge in [0, 0.05) is 55.0 Å². The zero-order valence-electron chi connectivity index (χ0n) is 22.1. The summed E-state index contributed by atoms with van der Waals surface area (Å²) in [7, 11) is 1.89. The predicted molar refractivity (Wildman–Crippen MR) is 154 cm³/mol. The van der Waals surface area contributed by atoms with Gasteiger partial charge in [0.25, 0.3) is 5.91 Å². The number of aryl methyl sites for hydroxylation is 2. The minimum absolute atomic E-state index is 0.0831. The first-order chi connectivity index (χ1) is 19.0. The fourth-order valence-corrected chi connectivity index (χ4v) is 5.00. The zero-order valence-corrected chi connectivity index (χ0v) is 22.1. The summed E-state index contributed by atoms with van der Waals surface area (Å²) in [4.78, 5) is 24.5. The molecule has 0 unspecified atom stereocenters. The van der Waals surface area contributed by atoms with Crippen molar-refractivity contribution in [3.8, 4) is 34.2 Å². The van der Waals surface area contributed by atoms with E-state index in [0.717, 1.165) is 57.4 Å². The lowest BCUT2D eigenvalue weighted by Crippen LogP contribution is -2.38. The van der Waals surface area contributed by atoms with Gasteiger partial charge in [-0.1, -0.05) is 47.9 Å². The van der Waals surface area contributed by atoms with Gasteiger partial charge in [0.1, 0.15) is 5.69 Å². The molecule has 0 bridgehead atoms. The minimum atomic E-state index is 0.0831. The van der Waals surface area contributed by atoms with E-state index in [4.69, 9.17) is 4.98 Å². The largest absolute Gasteiger partial charge is 0.339 e. The van der Waals surface area contributed by atoms with Crippen LogP contribution in [0.3, 0.4) is 0 Å². The molecule has 0 N–H and O–H groups in total. The van der Waals surface area contributed by atoms with Crippen molar-refractivity contribution in [3.63, 3.8) is 0 Å². The Labute approximate surface area is 228 Å². The van der Waals surface area contributed by atoms with Crippen LogP contribution in [0.1, 0.15) is 34.5 Å². The van der Waals surface area contributed by atoms with E-state index in [1.165, 1.54) is 5.56 Å². The van der Waals surface area contributed by atoms with E-state index in [2.05, 4.69) is 53.1 Å². The van der Waals surface area contributed by atoms with Crippen molar-refractivity contribution >= 4 is 16.8 Å². The number of nitrogens with zero attached hydrogens (tertiary/aromatic N) is 5. The van der Waals surface area contributed by atoms with Crippen molar-refractivity contribution < 1.29 is 4.79 Å². The summed E-state index contributed by atoms with van der Waals surface area (Å²) in [6.07, 6.45) is 7.22. The third kappa shape index (κ3) is 5.30. The van der Waals surface area contributed by atoms with Gasteiger partial charge in [0.05, 0.1) is 17.4 Å². The van der Waals surface area contributed by atoms with Crippen LogP contribution in [0, 0.1) is 24.7 Å². The number of hydrogen-bond donors (Lipinski definition) is 0. The maximum Gasteiger partial charge on any atom is 0.253 e. The zero-order chi connectivity index (χ0) is 26.8. The Morgan fingerprint density at radius 1 is 0.949 bits per heavy atom. The van der Waals surface area contributed by atoms with E-state index < -0.39 is 0 Å². The van der Waals surface area contributed by atoms with Crippen LogP contribution in [0.5, 0.6) is 0 Å². The fraction of sp³-hybridized carbons (Fsp3) is 0.212. The molecule has 3 aromatic heterocycles. The first-order valence-corrected chi connectivity index (χ1v) is 13.3. The smallest absolute Gasteiger partial charge is 0.253 e. The molecule has 6 nitrogen and oxygen atoms in total. The van der Waals surface area contributed by atoms with Crippen molar-refractivity contribution in [3.05, 3.63) is 102 Å². The van der Waals surface area contributed by atoms with Crippen LogP contribution < -0.4 is 0 Å². The number of piperidine rings is 1. The fourth-order valence-electron chi connectivity index (χ4n) is 5.00. The molecule has 1 saturated heterocycles. The number of carbonyl (C=O) groups is 1. The number of rotatable bonds is 3. The molecule has 6 rings (SSSR count). The lowest BCUT2D eigenvalue weighted by atomic mass is 9.96. The molecule has 0 spiro atoms. The maximum atomic E-state index is 13.2. The summed E-state index contributed by atoms with van der Waals surface area (Å²) < 4.78 is 1.76. The summed E-state index contributed by atoms with van der Waals surface area (Å²) >= 11 is 0.